The molecular formula is C10H12N6O2. The van der Waals surface area contributed by atoms with Gasteiger partial charge in [0.2, 0.25) is 6.33 Å². The maximum absolute atomic E-state index is 10.4. The average molecular weight is 248 g/mol. The minimum atomic E-state index is -0.626. The molecule has 18 heavy (non-hydrogen) atoms. The highest BCUT2D eigenvalue weighted by molar-refractivity contribution is 5.42. The van der Waals surface area contributed by atoms with Gasteiger partial charge in [-0.1, -0.05) is 4.98 Å². The Morgan fingerprint density at radius 3 is 3.00 bits per heavy atom. The van der Waals surface area contributed by atoms with Crippen LogP contribution in [-0.2, 0) is 6.54 Å². The van der Waals surface area contributed by atoms with Crippen LogP contribution in [0.1, 0.15) is 12.6 Å². The highest BCUT2D eigenvalue weighted by atomic mass is 16.6. The van der Waals surface area contributed by atoms with E-state index in [1.54, 1.807) is 6.20 Å². The Kier molecular flexibility index (Phi) is 3.46. The summed E-state index contributed by atoms with van der Waals surface area (Å²) in [7, 11) is 0. The molecule has 2 heterocycles. The van der Waals surface area contributed by atoms with Gasteiger partial charge in [-0.3, -0.25) is 4.98 Å². The van der Waals surface area contributed by atoms with E-state index in [9.17, 15) is 10.1 Å². The van der Waals surface area contributed by atoms with Gasteiger partial charge in [0, 0.05) is 23.5 Å². The molecule has 0 saturated heterocycles. The zero-order valence-electron chi connectivity index (χ0n) is 9.78. The Morgan fingerprint density at radius 1 is 1.50 bits per heavy atom. The van der Waals surface area contributed by atoms with Crippen LogP contribution in [0.5, 0.6) is 0 Å². The Morgan fingerprint density at radius 2 is 2.33 bits per heavy atom. The van der Waals surface area contributed by atoms with E-state index >= 15 is 0 Å². The van der Waals surface area contributed by atoms with Crippen molar-refractivity contribution in [1.29, 1.82) is 0 Å². The van der Waals surface area contributed by atoms with Crippen LogP contribution < -0.4 is 5.32 Å². The van der Waals surface area contributed by atoms with Crippen LogP contribution in [0.4, 0.5) is 11.6 Å². The summed E-state index contributed by atoms with van der Waals surface area (Å²) in [6.07, 6.45) is 3.00. The molecule has 94 valence electrons. The molecule has 2 aromatic rings. The molecule has 0 saturated carbocycles. The van der Waals surface area contributed by atoms with Crippen LogP contribution in [0.15, 0.2) is 24.7 Å². The van der Waals surface area contributed by atoms with Gasteiger partial charge in [-0.25, -0.2) is 0 Å². The van der Waals surface area contributed by atoms with Crippen LogP contribution >= 0.6 is 0 Å². The van der Waals surface area contributed by atoms with Crippen molar-refractivity contribution >= 4 is 11.6 Å². The van der Waals surface area contributed by atoms with E-state index in [1.165, 1.54) is 11.0 Å². The van der Waals surface area contributed by atoms with Crippen molar-refractivity contribution in [2.75, 3.05) is 11.9 Å². The maximum Gasteiger partial charge on any atom is 0.490 e. The molecule has 0 aliphatic rings. The maximum atomic E-state index is 10.4. The second kappa shape index (κ2) is 5.21. The SMILES string of the molecule is CCNc1ccnc(Cn2cnc([N+](=O)[O-])n2)c1. The van der Waals surface area contributed by atoms with Crippen molar-refractivity contribution in [2.24, 2.45) is 0 Å². The fraction of sp³-hybridized carbons (Fsp3) is 0.300. The third-order valence-corrected chi connectivity index (χ3v) is 2.21. The number of nitrogens with one attached hydrogen (secondary N) is 1. The van der Waals surface area contributed by atoms with E-state index < -0.39 is 10.9 Å². The third-order valence-electron chi connectivity index (χ3n) is 2.21. The lowest BCUT2D eigenvalue weighted by Crippen LogP contribution is -2.04. The summed E-state index contributed by atoms with van der Waals surface area (Å²) in [5.74, 6) is -0.405. The van der Waals surface area contributed by atoms with Gasteiger partial charge in [-0.2, -0.15) is 4.68 Å². The molecule has 0 fully saturated rings. The topological polar surface area (TPSA) is 98.8 Å². The highest BCUT2D eigenvalue weighted by Crippen LogP contribution is 2.09. The number of anilines is 1. The molecule has 2 aromatic heterocycles. The molecule has 0 aliphatic heterocycles. The van der Waals surface area contributed by atoms with Crippen LogP contribution in [0.2, 0.25) is 0 Å². The van der Waals surface area contributed by atoms with Gasteiger partial charge >= 0.3 is 5.95 Å². The van der Waals surface area contributed by atoms with Gasteiger partial charge in [0.1, 0.15) is 6.54 Å². The first-order chi connectivity index (χ1) is 8.69. The monoisotopic (exact) mass is 248 g/mol. The van der Waals surface area contributed by atoms with Crippen LogP contribution in [-0.4, -0.2) is 31.2 Å². The molecule has 0 spiro atoms. The number of rotatable bonds is 5. The lowest BCUT2D eigenvalue weighted by atomic mass is 10.3. The van der Waals surface area contributed by atoms with Crippen molar-refractivity contribution in [1.82, 2.24) is 19.7 Å². The quantitative estimate of drug-likeness (QED) is 0.627. The molecule has 1 N–H and O–H groups in total. The first kappa shape index (κ1) is 12.0. The van der Waals surface area contributed by atoms with Crippen molar-refractivity contribution in [3.63, 3.8) is 0 Å². The zero-order chi connectivity index (χ0) is 13.0. The first-order valence-electron chi connectivity index (χ1n) is 5.41. The van der Waals surface area contributed by atoms with Gasteiger partial charge in [0.15, 0.2) is 0 Å². The summed E-state index contributed by atoms with van der Waals surface area (Å²) in [6, 6.07) is 3.73. The van der Waals surface area contributed by atoms with E-state index in [0.717, 1.165) is 17.9 Å². The molecule has 8 heteroatoms. The van der Waals surface area contributed by atoms with E-state index in [4.69, 9.17) is 0 Å². The summed E-state index contributed by atoms with van der Waals surface area (Å²) in [4.78, 5) is 17.6. The number of hydrogen-bond acceptors (Lipinski definition) is 6. The van der Waals surface area contributed by atoms with Crippen LogP contribution in [0.3, 0.4) is 0 Å². The summed E-state index contributed by atoms with van der Waals surface area (Å²) in [5.41, 5.74) is 1.71. The zero-order valence-corrected chi connectivity index (χ0v) is 9.78. The smallest absolute Gasteiger partial charge is 0.390 e. The molecule has 8 nitrogen and oxygen atoms in total. The molecule has 0 unspecified atom stereocenters. The fourth-order valence-electron chi connectivity index (χ4n) is 1.49. The Hall–Kier alpha value is -2.51. The molecule has 0 aromatic carbocycles. The predicted octanol–water partition coefficient (Wildman–Crippen LogP) is 1.06. The van der Waals surface area contributed by atoms with Gasteiger partial charge in [0.25, 0.3) is 0 Å². The van der Waals surface area contributed by atoms with Crippen LogP contribution in [0.25, 0.3) is 0 Å². The highest BCUT2D eigenvalue weighted by Gasteiger charge is 2.13. The summed E-state index contributed by atoms with van der Waals surface area (Å²) < 4.78 is 1.39. The molecule has 2 rings (SSSR count). The Balaban J connectivity index is 2.12. The van der Waals surface area contributed by atoms with E-state index in [1.807, 2.05) is 19.1 Å². The lowest BCUT2D eigenvalue weighted by Gasteiger charge is -2.04. The molecular weight excluding hydrogens is 236 g/mol. The van der Waals surface area contributed by atoms with Gasteiger partial charge in [-0.05, 0) is 24.0 Å². The minimum absolute atomic E-state index is 0.347. The first-order valence-corrected chi connectivity index (χ1v) is 5.41. The second-order valence-corrected chi connectivity index (χ2v) is 3.57. The summed E-state index contributed by atoms with van der Waals surface area (Å²) in [6.45, 7) is 3.17. The number of hydrogen-bond donors (Lipinski definition) is 1. The summed E-state index contributed by atoms with van der Waals surface area (Å²) >= 11 is 0. The van der Waals surface area contributed by atoms with E-state index in [-0.39, 0.29) is 0 Å². The third kappa shape index (κ3) is 2.78. The number of pyridine rings is 1. The van der Waals surface area contributed by atoms with E-state index in [0.29, 0.717) is 6.54 Å². The Labute approximate surface area is 103 Å². The fourth-order valence-corrected chi connectivity index (χ4v) is 1.49. The van der Waals surface area contributed by atoms with Gasteiger partial charge in [0.05, 0.1) is 5.69 Å². The van der Waals surface area contributed by atoms with Gasteiger partial charge in [-0.15, -0.1) is 0 Å². The summed E-state index contributed by atoms with van der Waals surface area (Å²) in [5, 5.41) is 17.3. The second-order valence-electron chi connectivity index (χ2n) is 3.57. The normalized spacial score (nSPS) is 10.3. The van der Waals surface area contributed by atoms with Gasteiger partial charge < -0.3 is 15.4 Å². The molecule has 0 bridgehead atoms. The Bertz CT molecular complexity index is 553. The van der Waals surface area contributed by atoms with Crippen molar-refractivity contribution < 1.29 is 4.92 Å². The lowest BCUT2D eigenvalue weighted by molar-refractivity contribution is -0.394. The molecule has 0 amide bonds. The van der Waals surface area contributed by atoms with Crippen molar-refractivity contribution in [3.05, 3.63) is 40.5 Å². The molecule has 0 radical (unpaired) electrons. The average Bonchev–Trinajstić information content (AvgIpc) is 2.78. The van der Waals surface area contributed by atoms with Crippen LogP contribution in [0, 0.1) is 10.1 Å². The molecule has 0 atom stereocenters. The number of aromatic nitrogens is 4. The standard InChI is InChI=1S/C10H12N6O2/c1-2-11-8-3-4-12-9(5-8)6-15-7-13-10(14-15)16(17)18/h3-5,7H,2,6H2,1H3,(H,11,12). The number of nitrogens with zero attached hydrogens (tertiary/aromatic N) is 5. The largest absolute Gasteiger partial charge is 0.490 e. The molecule has 0 aliphatic carbocycles. The van der Waals surface area contributed by atoms with E-state index in [2.05, 4.69) is 20.4 Å². The predicted molar refractivity (Wildman–Crippen MR) is 64.2 cm³/mol. The number of nitro groups is 1. The minimum Gasteiger partial charge on any atom is -0.390 e. The van der Waals surface area contributed by atoms with Crippen molar-refractivity contribution in [2.45, 2.75) is 13.5 Å². The van der Waals surface area contributed by atoms with Crippen molar-refractivity contribution in [3.8, 4) is 0 Å².